The standard InChI is InChI=1S/C26H34N2O3S/c1-19-11-14-24(32(30,31)28-15-7-3-4-8-16-28)18-25(19)26(29)27-20(2)22-13-12-21-9-5-6-10-23(21)17-22/h11-14,17-18,20H,3-10,15-16H2,1-2H3,(H,27,29)/t20-/m0/s1. The fourth-order valence-electron chi connectivity index (χ4n) is 4.82. The van der Waals surface area contributed by atoms with Crippen molar-refractivity contribution in [3.05, 3.63) is 64.2 Å². The van der Waals surface area contributed by atoms with Gasteiger partial charge < -0.3 is 5.32 Å². The van der Waals surface area contributed by atoms with E-state index in [1.165, 1.54) is 24.0 Å². The van der Waals surface area contributed by atoms with E-state index in [0.29, 0.717) is 18.7 Å². The Hall–Kier alpha value is -2.18. The Morgan fingerprint density at radius 2 is 1.59 bits per heavy atom. The molecule has 0 unspecified atom stereocenters. The van der Waals surface area contributed by atoms with Crippen molar-refractivity contribution >= 4 is 15.9 Å². The molecule has 1 aliphatic carbocycles. The van der Waals surface area contributed by atoms with Gasteiger partial charge in [0.05, 0.1) is 10.9 Å². The summed E-state index contributed by atoms with van der Waals surface area (Å²) in [7, 11) is -3.60. The molecular weight excluding hydrogens is 420 g/mol. The van der Waals surface area contributed by atoms with Gasteiger partial charge in [-0.25, -0.2) is 8.42 Å². The summed E-state index contributed by atoms with van der Waals surface area (Å²) in [5.74, 6) is -0.236. The van der Waals surface area contributed by atoms with Crippen LogP contribution in [0.25, 0.3) is 0 Å². The number of hydrogen-bond acceptors (Lipinski definition) is 3. The third-order valence-electron chi connectivity index (χ3n) is 6.88. The quantitative estimate of drug-likeness (QED) is 0.697. The number of amides is 1. The fraction of sp³-hybridized carbons (Fsp3) is 0.500. The van der Waals surface area contributed by atoms with Gasteiger partial charge in [-0.05, 0) is 86.8 Å². The van der Waals surface area contributed by atoms with Crippen molar-refractivity contribution in [3.63, 3.8) is 0 Å². The number of nitrogens with one attached hydrogen (secondary N) is 1. The minimum Gasteiger partial charge on any atom is -0.346 e. The number of fused-ring (bicyclic) bond motifs is 1. The van der Waals surface area contributed by atoms with E-state index >= 15 is 0 Å². The zero-order chi connectivity index (χ0) is 22.7. The minimum absolute atomic E-state index is 0.153. The molecule has 1 N–H and O–H groups in total. The van der Waals surface area contributed by atoms with Crippen molar-refractivity contribution in [1.29, 1.82) is 0 Å². The molecule has 2 aliphatic rings. The molecule has 2 aromatic carbocycles. The highest BCUT2D eigenvalue weighted by Gasteiger charge is 2.26. The highest BCUT2D eigenvalue weighted by Crippen LogP contribution is 2.26. The van der Waals surface area contributed by atoms with Crippen LogP contribution < -0.4 is 5.32 Å². The second-order valence-electron chi connectivity index (χ2n) is 9.23. The van der Waals surface area contributed by atoms with Crippen LogP contribution in [0.1, 0.15) is 84.1 Å². The third-order valence-corrected chi connectivity index (χ3v) is 8.77. The van der Waals surface area contributed by atoms with Crippen LogP contribution in [0.15, 0.2) is 41.3 Å². The van der Waals surface area contributed by atoms with E-state index < -0.39 is 10.0 Å². The second-order valence-corrected chi connectivity index (χ2v) is 11.2. The lowest BCUT2D eigenvalue weighted by Crippen LogP contribution is -2.32. The van der Waals surface area contributed by atoms with Crippen LogP contribution in [-0.4, -0.2) is 31.7 Å². The van der Waals surface area contributed by atoms with Crippen molar-refractivity contribution in [2.45, 2.75) is 76.2 Å². The summed E-state index contributed by atoms with van der Waals surface area (Å²) in [5, 5.41) is 3.08. The highest BCUT2D eigenvalue weighted by molar-refractivity contribution is 7.89. The lowest BCUT2D eigenvalue weighted by Gasteiger charge is -2.22. The molecule has 2 aromatic rings. The van der Waals surface area contributed by atoms with Crippen molar-refractivity contribution < 1.29 is 13.2 Å². The molecule has 1 atom stereocenters. The number of carbonyl (C=O) groups is 1. The summed E-state index contributed by atoms with van der Waals surface area (Å²) in [5.41, 5.74) is 5.09. The molecule has 0 radical (unpaired) electrons. The van der Waals surface area contributed by atoms with E-state index in [2.05, 4.69) is 23.5 Å². The van der Waals surface area contributed by atoms with E-state index in [-0.39, 0.29) is 16.8 Å². The number of rotatable bonds is 5. The molecule has 4 rings (SSSR count). The molecule has 1 fully saturated rings. The number of carbonyl (C=O) groups excluding carboxylic acids is 1. The van der Waals surface area contributed by atoms with E-state index in [4.69, 9.17) is 0 Å². The number of sulfonamides is 1. The van der Waals surface area contributed by atoms with E-state index in [9.17, 15) is 13.2 Å². The second kappa shape index (κ2) is 9.75. The van der Waals surface area contributed by atoms with Crippen LogP contribution in [0.2, 0.25) is 0 Å². The molecule has 32 heavy (non-hydrogen) atoms. The Labute approximate surface area is 192 Å². The topological polar surface area (TPSA) is 66.5 Å². The lowest BCUT2D eigenvalue weighted by atomic mass is 9.89. The maximum Gasteiger partial charge on any atom is 0.252 e. The van der Waals surface area contributed by atoms with Gasteiger partial charge in [0.2, 0.25) is 10.0 Å². The smallest absolute Gasteiger partial charge is 0.252 e. The normalized spacial score (nSPS) is 18.4. The Balaban J connectivity index is 1.53. The molecule has 0 bridgehead atoms. The van der Waals surface area contributed by atoms with Gasteiger partial charge in [0.15, 0.2) is 0 Å². The zero-order valence-electron chi connectivity index (χ0n) is 19.2. The lowest BCUT2D eigenvalue weighted by molar-refractivity contribution is 0.0939. The summed E-state index contributed by atoms with van der Waals surface area (Å²) in [6.07, 6.45) is 8.59. The van der Waals surface area contributed by atoms with Gasteiger partial charge in [-0.15, -0.1) is 0 Å². The maximum absolute atomic E-state index is 13.2. The number of hydrogen-bond donors (Lipinski definition) is 1. The average Bonchev–Trinajstić information content (AvgIpc) is 3.09. The molecule has 6 heteroatoms. The van der Waals surface area contributed by atoms with Gasteiger partial charge in [-0.1, -0.05) is 37.1 Å². The molecule has 1 heterocycles. The Morgan fingerprint density at radius 3 is 2.31 bits per heavy atom. The first-order valence-electron chi connectivity index (χ1n) is 11.9. The van der Waals surface area contributed by atoms with Gasteiger partial charge in [0, 0.05) is 18.7 Å². The molecule has 172 valence electrons. The largest absolute Gasteiger partial charge is 0.346 e. The Kier molecular flexibility index (Phi) is 7.01. The van der Waals surface area contributed by atoms with Crippen LogP contribution in [0.4, 0.5) is 0 Å². The Bertz CT molecular complexity index is 1090. The number of nitrogens with zero attached hydrogens (tertiary/aromatic N) is 1. The first kappa shape index (κ1) is 23.0. The van der Waals surface area contributed by atoms with Crippen LogP contribution in [-0.2, 0) is 22.9 Å². The average molecular weight is 455 g/mol. The molecule has 0 saturated carbocycles. The van der Waals surface area contributed by atoms with Crippen LogP contribution in [0.3, 0.4) is 0 Å². The van der Waals surface area contributed by atoms with Gasteiger partial charge >= 0.3 is 0 Å². The molecule has 1 aliphatic heterocycles. The predicted octanol–water partition coefficient (Wildman–Crippen LogP) is 4.93. The molecule has 5 nitrogen and oxygen atoms in total. The first-order valence-corrected chi connectivity index (χ1v) is 13.3. The third kappa shape index (κ3) is 4.91. The van der Waals surface area contributed by atoms with Crippen LogP contribution in [0.5, 0.6) is 0 Å². The van der Waals surface area contributed by atoms with Crippen molar-refractivity contribution in [2.75, 3.05) is 13.1 Å². The molecule has 0 spiro atoms. The predicted molar refractivity (Wildman–Crippen MR) is 127 cm³/mol. The fourth-order valence-corrected chi connectivity index (χ4v) is 6.36. The number of benzene rings is 2. The molecule has 0 aromatic heterocycles. The SMILES string of the molecule is Cc1ccc(S(=O)(=O)N2CCCCCC2)cc1C(=O)N[C@@H](C)c1ccc2c(c1)CCCC2. The first-order chi connectivity index (χ1) is 15.4. The minimum atomic E-state index is -3.60. The van der Waals surface area contributed by atoms with Crippen LogP contribution in [0, 0.1) is 6.92 Å². The summed E-state index contributed by atoms with van der Waals surface area (Å²) in [6, 6.07) is 11.3. The van der Waals surface area contributed by atoms with Gasteiger partial charge in [0.1, 0.15) is 0 Å². The Morgan fingerprint density at radius 1 is 0.906 bits per heavy atom. The van der Waals surface area contributed by atoms with Gasteiger partial charge in [0.25, 0.3) is 5.91 Å². The van der Waals surface area contributed by atoms with Crippen molar-refractivity contribution in [1.82, 2.24) is 9.62 Å². The monoisotopic (exact) mass is 454 g/mol. The van der Waals surface area contributed by atoms with Gasteiger partial charge in [-0.3, -0.25) is 4.79 Å². The van der Waals surface area contributed by atoms with E-state index in [0.717, 1.165) is 49.7 Å². The van der Waals surface area contributed by atoms with Gasteiger partial charge in [-0.2, -0.15) is 4.31 Å². The summed E-state index contributed by atoms with van der Waals surface area (Å²) < 4.78 is 28.0. The highest BCUT2D eigenvalue weighted by atomic mass is 32.2. The summed E-state index contributed by atoms with van der Waals surface area (Å²) >= 11 is 0. The summed E-state index contributed by atoms with van der Waals surface area (Å²) in [4.78, 5) is 13.3. The number of aryl methyl sites for hydroxylation is 3. The van der Waals surface area contributed by atoms with Crippen LogP contribution >= 0.6 is 0 Å². The molecular formula is C26H34N2O3S. The van der Waals surface area contributed by atoms with Crippen molar-refractivity contribution in [2.24, 2.45) is 0 Å². The summed E-state index contributed by atoms with van der Waals surface area (Å²) in [6.45, 7) is 4.93. The van der Waals surface area contributed by atoms with Crippen molar-refractivity contribution in [3.8, 4) is 0 Å². The maximum atomic E-state index is 13.2. The zero-order valence-corrected chi connectivity index (χ0v) is 20.0. The molecule has 1 saturated heterocycles. The van der Waals surface area contributed by atoms with E-state index in [1.54, 1.807) is 22.5 Å². The molecule has 1 amide bonds. The van der Waals surface area contributed by atoms with E-state index in [1.807, 2.05) is 13.8 Å².